The second-order valence-electron chi connectivity index (χ2n) is 6.27. The molecule has 3 rings (SSSR count). The first-order valence-corrected chi connectivity index (χ1v) is 8.49. The number of rotatable bonds is 5. The summed E-state index contributed by atoms with van der Waals surface area (Å²) in [5.74, 6) is 0. The van der Waals surface area contributed by atoms with Gasteiger partial charge in [-0.1, -0.05) is 35.6 Å². The molecule has 0 aliphatic rings. The summed E-state index contributed by atoms with van der Waals surface area (Å²) in [6.45, 7) is 3.85. The van der Waals surface area contributed by atoms with E-state index in [1.807, 2.05) is 18.7 Å². The fraction of sp³-hybridized carbons (Fsp3) is 0.412. The van der Waals surface area contributed by atoms with Gasteiger partial charge in [-0.25, -0.2) is 9.67 Å². The quantitative estimate of drug-likeness (QED) is 0.721. The number of aryl methyl sites for hydroxylation is 2. The van der Waals surface area contributed by atoms with Crippen LogP contribution in [0.15, 0.2) is 24.3 Å². The molecule has 0 unspecified atom stereocenters. The van der Waals surface area contributed by atoms with Gasteiger partial charge in [0.05, 0.1) is 10.4 Å². The van der Waals surface area contributed by atoms with Crippen LogP contribution >= 0.6 is 11.3 Å². The lowest BCUT2D eigenvalue weighted by atomic mass is 10.1. The van der Waals surface area contributed by atoms with Gasteiger partial charge in [-0.2, -0.15) is 5.10 Å². The van der Waals surface area contributed by atoms with Crippen molar-refractivity contribution < 1.29 is 0 Å². The molecule has 122 valence electrons. The molecule has 6 heteroatoms. The topological polar surface area (TPSA) is 37.2 Å². The van der Waals surface area contributed by atoms with Gasteiger partial charge < -0.3 is 9.80 Å². The van der Waals surface area contributed by atoms with Crippen LogP contribution in [0.25, 0.3) is 10.3 Å². The lowest BCUT2D eigenvalue weighted by Gasteiger charge is -2.17. The van der Waals surface area contributed by atoms with Crippen LogP contribution in [-0.4, -0.2) is 40.8 Å². The highest BCUT2D eigenvalue weighted by atomic mass is 32.1. The van der Waals surface area contributed by atoms with Crippen LogP contribution in [0.5, 0.6) is 0 Å². The number of anilines is 1. The minimum absolute atomic E-state index is 0.855. The van der Waals surface area contributed by atoms with Crippen LogP contribution in [0.2, 0.25) is 0 Å². The average Bonchev–Trinajstić information content (AvgIpc) is 3.01. The van der Waals surface area contributed by atoms with Crippen LogP contribution in [0.4, 0.5) is 5.13 Å². The Kier molecular flexibility index (Phi) is 4.37. The monoisotopic (exact) mass is 329 g/mol. The molecule has 3 aromatic rings. The van der Waals surface area contributed by atoms with Crippen LogP contribution in [0, 0.1) is 6.92 Å². The first-order valence-electron chi connectivity index (χ1n) is 7.68. The molecule has 1 aromatic carbocycles. The molecule has 23 heavy (non-hydrogen) atoms. The summed E-state index contributed by atoms with van der Waals surface area (Å²) in [4.78, 5) is 9.13. The highest BCUT2D eigenvalue weighted by molar-refractivity contribution is 7.22. The summed E-state index contributed by atoms with van der Waals surface area (Å²) in [6.07, 6.45) is 0. The summed E-state index contributed by atoms with van der Waals surface area (Å²) in [7, 11) is 8.23. The van der Waals surface area contributed by atoms with E-state index in [0.717, 1.165) is 29.6 Å². The number of aromatic nitrogens is 3. The van der Waals surface area contributed by atoms with Crippen molar-refractivity contribution in [3.63, 3.8) is 0 Å². The zero-order valence-corrected chi connectivity index (χ0v) is 15.2. The molecule has 0 atom stereocenters. The summed E-state index contributed by atoms with van der Waals surface area (Å²) >= 11 is 1.71. The van der Waals surface area contributed by atoms with E-state index in [-0.39, 0.29) is 0 Å². The summed E-state index contributed by atoms with van der Waals surface area (Å²) in [6, 6.07) is 8.76. The van der Waals surface area contributed by atoms with Crippen LogP contribution in [-0.2, 0) is 20.1 Å². The number of thiazole rings is 1. The van der Waals surface area contributed by atoms with Crippen molar-refractivity contribution in [3.8, 4) is 0 Å². The van der Waals surface area contributed by atoms with E-state index in [2.05, 4.69) is 60.3 Å². The van der Waals surface area contributed by atoms with Gasteiger partial charge in [0.2, 0.25) is 0 Å². The van der Waals surface area contributed by atoms with E-state index >= 15 is 0 Å². The molecule has 0 saturated heterocycles. The van der Waals surface area contributed by atoms with Gasteiger partial charge in [0.25, 0.3) is 0 Å². The van der Waals surface area contributed by atoms with Gasteiger partial charge >= 0.3 is 0 Å². The van der Waals surface area contributed by atoms with Gasteiger partial charge in [0.15, 0.2) is 10.8 Å². The molecule has 0 bridgehead atoms. The number of fused-ring (bicyclic) bond motifs is 1. The Balaban J connectivity index is 1.80. The maximum atomic E-state index is 4.74. The fourth-order valence-corrected chi connectivity index (χ4v) is 3.76. The minimum Gasteiger partial charge on any atom is -0.347 e. The molecule has 0 N–H and O–H groups in total. The van der Waals surface area contributed by atoms with Crippen molar-refractivity contribution in [1.82, 2.24) is 19.7 Å². The number of nitrogens with zero attached hydrogens (tertiary/aromatic N) is 5. The van der Waals surface area contributed by atoms with Crippen LogP contribution < -0.4 is 4.90 Å². The molecular formula is C17H23N5S. The molecule has 2 aromatic heterocycles. The van der Waals surface area contributed by atoms with Crippen LogP contribution in [0.3, 0.4) is 0 Å². The maximum absolute atomic E-state index is 4.74. The third-order valence-corrected chi connectivity index (χ3v) is 5.04. The number of hydrogen-bond donors (Lipinski definition) is 0. The SMILES string of the molecule is Cc1nn(C)c2nc(N(C)Cc3cccc(CN(C)C)c3)sc12. The Labute approximate surface area is 141 Å². The Bertz CT molecular complexity index is 783. The van der Waals surface area contributed by atoms with Crippen LogP contribution in [0.1, 0.15) is 16.8 Å². The molecule has 0 spiro atoms. The summed E-state index contributed by atoms with van der Waals surface area (Å²) < 4.78 is 3.03. The summed E-state index contributed by atoms with van der Waals surface area (Å²) in [5.41, 5.74) is 4.66. The molecule has 0 amide bonds. The Morgan fingerprint density at radius 3 is 2.48 bits per heavy atom. The van der Waals surface area contributed by atoms with Crippen molar-refractivity contribution in [2.24, 2.45) is 7.05 Å². The largest absolute Gasteiger partial charge is 0.347 e. The van der Waals surface area contributed by atoms with Crippen molar-refractivity contribution >= 4 is 26.8 Å². The standard InChI is InChI=1S/C17H23N5S/c1-12-15-16(22(5)19-12)18-17(23-15)21(4)11-14-8-6-7-13(9-14)10-20(2)3/h6-9H,10-11H2,1-5H3. The van der Waals surface area contributed by atoms with Crippen molar-refractivity contribution in [3.05, 3.63) is 41.1 Å². The molecule has 0 aliphatic carbocycles. The highest BCUT2D eigenvalue weighted by Gasteiger charge is 2.14. The van der Waals surface area contributed by atoms with Crippen molar-refractivity contribution in [2.45, 2.75) is 20.0 Å². The highest BCUT2D eigenvalue weighted by Crippen LogP contribution is 2.30. The van der Waals surface area contributed by atoms with E-state index in [4.69, 9.17) is 4.98 Å². The lowest BCUT2D eigenvalue weighted by molar-refractivity contribution is 0.402. The predicted molar refractivity (Wildman–Crippen MR) is 97.1 cm³/mol. The van der Waals surface area contributed by atoms with E-state index in [0.29, 0.717) is 0 Å². The van der Waals surface area contributed by atoms with Gasteiger partial charge in [-0.05, 0) is 32.1 Å². The third kappa shape index (κ3) is 3.38. The zero-order chi connectivity index (χ0) is 16.6. The third-order valence-electron chi connectivity index (χ3n) is 3.77. The number of benzene rings is 1. The fourth-order valence-electron chi connectivity index (χ4n) is 2.77. The minimum atomic E-state index is 0.855. The molecular weight excluding hydrogens is 306 g/mol. The smallest absolute Gasteiger partial charge is 0.188 e. The van der Waals surface area contributed by atoms with Crippen molar-refractivity contribution in [2.75, 3.05) is 26.0 Å². The van der Waals surface area contributed by atoms with Gasteiger partial charge in [0.1, 0.15) is 0 Å². The molecule has 5 nitrogen and oxygen atoms in total. The lowest BCUT2D eigenvalue weighted by Crippen LogP contribution is -2.17. The van der Waals surface area contributed by atoms with Gasteiger partial charge in [-0.15, -0.1) is 0 Å². The van der Waals surface area contributed by atoms with Gasteiger partial charge in [-0.3, -0.25) is 0 Å². The van der Waals surface area contributed by atoms with Crippen molar-refractivity contribution in [1.29, 1.82) is 0 Å². The first kappa shape index (κ1) is 16.0. The first-order chi connectivity index (χ1) is 10.9. The molecule has 0 radical (unpaired) electrons. The molecule has 0 saturated carbocycles. The van der Waals surface area contributed by atoms with E-state index < -0.39 is 0 Å². The van der Waals surface area contributed by atoms with E-state index in [9.17, 15) is 0 Å². The zero-order valence-electron chi connectivity index (χ0n) is 14.4. The normalized spacial score (nSPS) is 11.6. The second kappa shape index (κ2) is 6.29. The predicted octanol–water partition coefficient (Wildman–Crippen LogP) is 3.04. The molecule has 0 aliphatic heterocycles. The molecule has 0 fully saturated rings. The Morgan fingerprint density at radius 1 is 1.13 bits per heavy atom. The Hall–Kier alpha value is -1.92. The second-order valence-corrected chi connectivity index (χ2v) is 7.25. The average molecular weight is 329 g/mol. The van der Waals surface area contributed by atoms with E-state index in [1.54, 1.807) is 11.3 Å². The van der Waals surface area contributed by atoms with E-state index in [1.165, 1.54) is 15.8 Å². The Morgan fingerprint density at radius 2 is 1.83 bits per heavy atom. The van der Waals surface area contributed by atoms with Gasteiger partial charge in [0, 0.05) is 27.2 Å². The molecule has 2 heterocycles. The summed E-state index contributed by atoms with van der Waals surface area (Å²) in [5, 5.41) is 5.45. The number of hydrogen-bond acceptors (Lipinski definition) is 5. The maximum Gasteiger partial charge on any atom is 0.188 e.